The number of alkyl halides is 1. The maximum Gasteiger partial charge on any atom is 0.326 e. The van der Waals surface area contributed by atoms with Gasteiger partial charge in [-0.05, 0) is 12.1 Å². The molecule has 0 aliphatic carbocycles. The number of fused-ring (bicyclic) bond motifs is 1. The summed E-state index contributed by atoms with van der Waals surface area (Å²) >= 11 is 0. The zero-order valence-corrected chi connectivity index (χ0v) is 6.10. The predicted molar refractivity (Wildman–Crippen MR) is 40.2 cm³/mol. The van der Waals surface area contributed by atoms with Crippen LogP contribution in [0.5, 0.6) is 5.75 Å². The monoisotopic (exact) mass is 153 g/mol. The highest BCUT2D eigenvalue weighted by molar-refractivity contribution is 5.60. The van der Waals surface area contributed by atoms with Crippen LogP contribution < -0.4 is 10.1 Å². The first-order chi connectivity index (χ1) is 5.17. The van der Waals surface area contributed by atoms with E-state index in [2.05, 4.69) is 5.32 Å². The quantitative estimate of drug-likeness (QED) is 0.576. The van der Waals surface area contributed by atoms with Crippen LogP contribution in [0.25, 0.3) is 0 Å². The Hall–Kier alpha value is -1.25. The van der Waals surface area contributed by atoms with Gasteiger partial charge < -0.3 is 10.1 Å². The van der Waals surface area contributed by atoms with E-state index in [9.17, 15) is 4.39 Å². The van der Waals surface area contributed by atoms with E-state index in [1.807, 2.05) is 12.1 Å². The van der Waals surface area contributed by atoms with Crippen LogP contribution in [0, 0.1) is 0 Å². The van der Waals surface area contributed by atoms with Crippen molar-refractivity contribution in [2.24, 2.45) is 0 Å². The van der Waals surface area contributed by atoms with Crippen LogP contribution in [0.4, 0.5) is 10.1 Å². The normalized spacial score (nSPS) is 27.1. The summed E-state index contributed by atoms with van der Waals surface area (Å²) in [6, 6.07) is 7.14. The van der Waals surface area contributed by atoms with Gasteiger partial charge in [-0.2, -0.15) is 4.39 Å². The van der Waals surface area contributed by atoms with Crippen molar-refractivity contribution in [1.29, 1.82) is 0 Å². The van der Waals surface area contributed by atoms with Gasteiger partial charge in [0.2, 0.25) is 0 Å². The predicted octanol–water partition coefficient (Wildman–Crippen LogP) is 2.13. The molecule has 1 aliphatic heterocycles. The van der Waals surface area contributed by atoms with Crippen LogP contribution in [0.15, 0.2) is 24.3 Å². The Bertz CT molecular complexity index is 258. The molecule has 2 rings (SSSR count). The van der Waals surface area contributed by atoms with Crippen LogP contribution >= 0.6 is 0 Å². The third-order valence-corrected chi connectivity index (χ3v) is 1.55. The lowest BCUT2D eigenvalue weighted by molar-refractivity contribution is -0.00111. The Labute approximate surface area is 64.0 Å². The van der Waals surface area contributed by atoms with E-state index >= 15 is 0 Å². The van der Waals surface area contributed by atoms with Crippen molar-refractivity contribution in [3.63, 3.8) is 0 Å². The molecular weight excluding hydrogens is 145 g/mol. The van der Waals surface area contributed by atoms with Crippen LogP contribution in [0.1, 0.15) is 6.92 Å². The van der Waals surface area contributed by atoms with E-state index in [4.69, 9.17) is 4.74 Å². The summed E-state index contributed by atoms with van der Waals surface area (Å²) in [4.78, 5) is 0. The first-order valence-electron chi connectivity index (χ1n) is 3.42. The molecule has 1 aliphatic rings. The van der Waals surface area contributed by atoms with Gasteiger partial charge in [0, 0.05) is 6.92 Å². The van der Waals surface area contributed by atoms with Gasteiger partial charge in [0.25, 0.3) is 0 Å². The number of ether oxygens (including phenoxy) is 1. The molecule has 11 heavy (non-hydrogen) atoms. The standard InChI is InChI=1S/C8H8FNO/c1-8(9)10-6-4-2-3-5-7(6)11-8/h2-5,10H,1H3. The molecular formula is C8H8FNO. The SMILES string of the molecule is CC1(F)Nc2ccccc2O1. The zero-order chi connectivity index (χ0) is 7.90. The van der Waals surface area contributed by atoms with Crippen LogP contribution in [-0.2, 0) is 0 Å². The van der Waals surface area contributed by atoms with Crippen LogP contribution in [0.3, 0.4) is 0 Å². The van der Waals surface area contributed by atoms with Crippen molar-refractivity contribution in [3.8, 4) is 5.75 Å². The second kappa shape index (κ2) is 1.87. The van der Waals surface area contributed by atoms with Gasteiger partial charge in [-0.15, -0.1) is 0 Å². The summed E-state index contributed by atoms with van der Waals surface area (Å²) in [6.07, 6.45) is 0. The van der Waals surface area contributed by atoms with Crippen molar-refractivity contribution in [1.82, 2.24) is 0 Å². The van der Waals surface area contributed by atoms with Crippen molar-refractivity contribution in [2.45, 2.75) is 12.9 Å². The summed E-state index contributed by atoms with van der Waals surface area (Å²) in [5, 5.41) is 2.58. The van der Waals surface area contributed by atoms with Crippen molar-refractivity contribution in [3.05, 3.63) is 24.3 Å². The number of benzene rings is 1. The second-order valence-corrected chi connectivity index (χ2v) is 2.64. The minimum atomic E-state index is -1.75. The Morgan fingerprint density at radius 2 is 2.18 bits per heavy atom. The zero-order valence-electron chi connectivity index (χ0n) is 6.10. The summed E-state index contributed by atoms with van der Waals surface area (Å²) in [5.41, 5.74) is 0.706. The number of halogens is 1. The fraction of sp³-hybridized carbons (Fsp3) is 0.250. The smallest absolute Gasteiger partial charge is 0.326 e. The molecule has 0 radical (unpaired) electrons. The van der Waals surface area contributed by atoms with E-state index < -0.39 is 5.98 Å². The molecule has 2 nitrogen and oxygen atoms in total. The molecule has 1 aromatic carbocycles. The molecule has 1 heterocycles. The Morgan fingerprint density at radius 1 is 1.45 bits per heavy atom. The Kier molecular flexibility index (Phi) is 1.10. The van der Waals surface area contributed by atoms with Gasteiger partial charge in [-0.25, -0.2) is 0 Å². The largest absolute Gasteiger partial charge is 0.439 e. The molecule has 0 spiro atoms. The topological polar surface area (TPSA) is 21.3 Å². The molecule has 1 N–H and O–H groups in total. The lowest BCUT2D eigenvalue weighted by Gasteiger charge is -2.12. The molecule has 58 valence electrons. The van der Waals surface area contributed by atoms with Crippen molar-refractivity contribution < 1.29 is 9.13 Å². The molecule has 0 saturated carbocycles. The Balaban J connectivity index is 2.41. The van der Waals surface area contributed by atoms with E-state index in [0.29, 0.717) is 11.4 Å². The molecule has 1 unspecified atom stereocenters. The number of nitrogens with one attached hydrogen (secondary N) is 1. The lowest BCUT2D eigenvalue weighted by atomic mass is 10.3. The first-order valence-corrected chi connectivity index (χ1v) is 3.42. The minimum absolute atomic E-state index is 0.567. The van der Waals surface area contributed by atoms with E-state index in [0.717, 1.165) is 0 Å². The third kappa shape index (κ3) is 1.02. The van der Waals surface area contributed by atoms with E-state index in [1.165, 1.54) is 6.92 Å². The highest BCUT2D eigenvalue weighted by Crippen LogP contribution is 2.36. The van der Waals surface area contributed by atoms with Gasteiger partial charge in [-0.1, -0.05) is 12.1 Å². The molecule has 0 fully saturated rings. The third-order valence-electron chi connectivity index (χ3n) is 1.55. The van der Waals surface area contributed by atoms with Crippen molar-refractivity contribution >= 4 is 5.69 Å². The highest BCUT2D eigenvalue weighted by Gasteiger charge is 2.32. The van der Waals surface area contributed by atoms with Gasteiger partial charge in [0.05, 0.1) is 5.69 Å². The van der Waals surface area contributed by atoms with Crippen LogP contribution in [-0.4, -0.2) is 5.98 Å². The molecule has 3 heteroatoms. The van der Waals surface area contributed by atoms with Gasteiger partial charge in [0.1, 0.15) is 5.75 Å². The molecule has 0 aromatic heterocycles. The van der Waals surface area contributed by atoms with E-state index in [-0.39, 0.29) is 0 Å². The molecule has 0 amide bonds. The van der Waals surface area contributed by atoms with Gasteiger partial charge in [0.15, 0.2) is 0 Å². The van der Waals surface area contributed by atoms with Gasteiger partial charge in [-0.3, -0.25) is 0 Å². The van der Waals surface area contributed by atoms with E-state index in [1.54, 1.807) is 12.1 Å². The number of hydrogen-bond donors (Lipinski definition) is 1. The molecule has 0 saturated heterocycles. The Morgan fingerprint density at radius 3 is 2.91 bits per heavy atom. The number of anilines is 1. The van der Waals surface area contributed by atoms with Crippen LogP contribution in [0.2, 0.25) is 0 Å². The van der Waals surface area contributed by atoms with Crippen molar-refractivity contribution in [2.75, 3.05) is 5.32 Å². The fourth-order valence-electron chi connectivity index (χ4n) is 1.13. The molecule has 1 atom stereocenters. The maximum atomic E-state index is 13.1. The number of para-hydroxylation sites is 2. The number of rotatable bonds is 0. The first kappa shape index (κ1) is 6.46. The van der Waals surface area contributed by atoms with Gasteiger partial charge >= 0.3 is 5.98 Å². The fourth-order valence-corrected chi connectivity index (χ4v) is 1.13. The lowest BCUT2D eigenvalue weighted by Crippen LogP contribution is -2.29. The summed E-state index contributed by atoms with van der Waals surface area (Å²) in [5.74, 6) is -1.18. The maximum absolute atomic E-state index is 13.1. The highest BCUT2D eigenvalue weighted by atomic mass is 19.2. The average Bonchev–Trinajstić information content (AvgIpc) is 2.21. The average molecular weight is 153 g/mol. The summed E-state index contributed by atoms with van der Waals surface area (Å²) in [7, 11) is 0. The molecule has 0 bridgehead atoms. The number of hydrogen-bond acceptors (Lipinski definition) is 2. The molecule has 1 aromatic rings. The summed E-state index contributed by atoms with van der Waals surface area (Å²) < 4.78 is 18.0. The second-order valence-electron chi connectivity index (χ2n) is 2.64. The minimum Gasteiger partial charge on any atom is -0.439 e. The summed E-state index contributed by atoms with van der Waals surface area (Å²) in [6.45, 7) is 1.34.